The van der Waals surface area contributed by atoms with Gasteiger partial charge in [0.25, 0.3) is 0 Å². The number of carbonyl (C=O) groups is 2. The van der Waals surface area contributed by atoms with Crippen molar-refractivity contribution in [1.82, 2.24) is 10.2 Å². The van der Waals surface area contributed by atoms with Crippen LogP contribution in [0.2, 0.25) is 0 Å². The molecular weight excluding hydrogens is 372 g/mol. The summed E-state index contributed by atoms with van der Waals surface area (Å²) >= 11 is 0. The number of rotatable bonds is 6. The van der Waals surface area contributed by atoms with Crippen LogP contribution in [0.4, 0.5) is 0 Å². The minimum atomic E-state index is -0.392. The van der Waals surface area contributed by atoms with Crippen LogP contribution >= 0.6 is 0 Å². The van der Waals surface area contributed by atoms with E-state index in [0.29, 0.717) is 25.3 Å². The highest BCUT2D eigenvalue weighted by Gasteiger charge is 2.40. The first kappa shape index (κ1) is 21.1. The van der Waals surface area contributed by atoms with Crippen LogP contribution in [0.5, 0.6) is 0 Å². The fourth-order valence-electron chi connectivity index (χ4n) is 5.75. The Morgan fingerprint density at radius 3 is 2.57 bits per heavy atom. The highest BCUT2D eigenvalue weighted by Crippen LogP contribution is 2.40. The number of carbonyl (C=O) groups excluding carboxylic acids is 2. The van der Waals surface area contributed by atoms with E-state index < -0.39 is 5.41 Å². The van der Waals surface area contributed by atoms with Gasteiger partial charge in [-0.15, -0.1) is 0 Å². The van der Waals surface area contributed by atoms with Crippen LogP contribution in [0.1, 0.15) is 82.6 Å². The summed E-state index contributed by atoms with van der Waals surface area (Å²) in [6, 6.07) is 10.3. The van der Waals surface area contributed by atoms with E-state index in [2.05, 4.69) is 23.5 Å². The monoisotopic (exact) mass is 408 g/mol. The number of benzene rings is 1. The average Bonchev–Trinajstić information content (AvgIpc) is 2.82. The van der Waals surface area contributed by atoms with Crippen molar-refractivity contribution in [3.8, 4) is 0 Å². The molecule has 30 heavy (non-hydrogen) atoms. The van der Waals surface area contributed by atoms with Crippen molar-refractivity contribution in [2.24, 2.45) is 5.92 Å². The molecule has 1 aromatic rings. The maximum Gasteiger partial charge on any atom is 0.230 e. The number of hydrogen-bond acceptors (Lipinski definition) is 2. The molecule has 4 nitrogen and oxygen atoms in total. The highest BCUT2D eigenvalue weighted by atomic mass is 16.2. The van der Waals surface area contributed by atoms with Crippen LogP contribution in [-0.4, -0.2) is 29.8 Å². The van der Waals surface area contributed by atoms with Gasteiger partial charge >= 0.3 is 0 Å². The van der Waals surface area contributed by atoms with Gasteiger partial charge in [0.15, 0.2) is 0 Å². The van der Waals surface area contributed by atoms with Crippen LogP contribution in [-0.2, 0) is 15.0 Å². The summed E-state index contributed by atoms with van der Waals surface area (Å²) in [5.41, 5.74) is 2.03. The molecule has 2 fully saturated rings. The van der Waals surface area contributed by atoms with Crippen LogP contribution in [0, 0.1) is 5.92 Å². The van der Waals surface area contributed by atoms with Gasteiger partial charge in [-0.3, -0.25) is 9.59 Å². The van der Waals surface area contributed by atoms with Crippen LogP contribution < -0.4 is 5.32 Å². The van der Waals surface area contributed by atoms with Gasteiger partial charge in [-0.2, -0.15) is 0 Å². The summed E-state index contributed by atoms with van der Waals surface area (Å²) in [5, 5.41) is 3.18. The lowest BCUT2D eigenvalue weighted by Gasteiger charge is -2.38. The van der Waals surface area contributed by atoms with Gasteiger partial charge in [0.2, 0.25) is 11.8 Å². The molecule has 162 valence electrons. The van der Waals surface area contributed by atoms with Crippen molar-refractivity contribution in [3.63, 3.8) is 0 Å². The number of fused-ring (bicyclic) bond motifs is 1. The average molecular weight is 409 g/mol. The van der Waals surface area contributed by atoms with Crippen LogP contribution in [0.25, 0.3) is 0 Å². The summed E-state index contributed by atoms with van der Waals surface area (Å²) < 4.78 is 0. The fraction of sp³-hybridized carbons (Fsp3) is 0.615. The minimum absolute atomic E-state index is 0.147. The molecule has 2 aliphatic carbocycles. The third-order valence-corrected chi connectivity index (χ3v) is 7.40. The molecule has 2 amide bonds. The molecule has 1 aliphatic heterocycles. The van der Waals surface area contributed by atoms with Crippen molar-refractivity contribution in [3.05, 3.63) is 47.7 Å². The molecule has 4 heteroatoms. The summed E-state index contributed by atoms with van der Waals surface area (Å²) in [7, 11) is 0. The largest absolute Gasteiger partial charge is 0.355 e. The lowest BCUT2D eigenvalue weighted by molar-refractivity contribution is -0.131. The van der Waals surface area contributed by atoms with E-state index in [1.54, 1.807) is 0 Å². The van der Waals surface area contributed by atoms with Gasteiger partial charge < -0.3 is 10.2 Å². The summed E-state index contributed by atoms with van der Waals surface area (Å²) in [4.78, 5) is 28.1. The molecule has 1 saturated carbocycles. The molecule has 3 aliphatic rings. The second kappa shape index (κ2) is 9.80. The van der Waals surface area contributed by atoms with Crippen molar-refractivity contribution in [2.75, 3.05) is 13.1 Å². The zero-order valence-corrected chi connectivity index (χ0v) is 18.2. The number of nitrogens with zero attached hydrogens (tertiary/aromatic N) is 1. The molecule has 1 aromatic carbocycles. The zero-order chi connectivity index (χ0) is 20.8. The maximum absolute atomic E-state index is 13.2. The Bertz CT molecular complexity index is 764. The van der Waals surface area contributed by atoms with E-state index in [1.165, 1.54) is 31.4 Å². The van der Waals surface area contributed by atoms with Crippen molar-refractivity contribution in [2.45, 2.75) is 82.5 Å². The summed E-state index contributed by atoms with van der Waals surface area (Å²) in [5.74, 6) is 0.972. The molecule has 0 bridgehead atoms. The molecule has 4 rings (SSSR count). The van der Waals surface area contributed by atoms with E-state index in [1.807, 2.05) is 23.1 Å². The van der Waals surface area contributed by atoms with Gasteiger partial charge in [0.1, 0.15) is 0 Å². The predicted octanol–water partition coefficient (Wildman–Crippen LogP) is 5.09. The Morgan fingerprint density at radius 2 is 1.77 bits per heavy atom. The molecule has 0 radical (unpaired) electrons. The Kier molecular flexibility index (Phi) is 6.91. The predicted molar refractivity (Wildman–Crippen MR) is 120 cm³/mol. The summed E-state index contributed by atoms with van der Waals surface area (Å²) in [6.07, 6.45) is 14.7. The fourth-order valence-corrected chi connectivity index (χ4v) is 5.75. The Labute approximate surface area is 181 Å². The molecule has 0 spiro atoms. The molecule has 1 unspecified atom stereocenters. The van der Waals surface area contributed by atoms with Crippen molar-refractivity contribution >= 4 is 11.8 Å². The Balaban J connectivity index is 1.30. The lowest BCUT2D eigenvalue weighted by Crippen LogP contribution is -2.46. The first-order valence-corrected chi connectivity index (χ1v) is 12.0. The third kappa shape index (κ3) is 4.48. The Hall–Kier alpha value is -2.10. The second-order valence-corrected chi connectivity index (χ2v) is 9.31. The molecule has 1 atom stereocenters. The standard InChI is InChI=1S/C26H36N2O2/c29-24(28-20-10-12-21-11-5-6-15-23(21)28)16-9-19-27-25(30)26(17-7-2-8-18-26)22-13-3-1-4-14-22/h1,3-4,13-15,21H,2,5-12,16-20H2,(H,27,30). The number of likely N-dealkylation sites (tertiary alicyclic amines) is 1. The first-order chi connectivity index (χ1) is 14.7. The Morgan fingerprint density at radius 1 is 1.00 bits per heavy atom. The van der Waals surface area contributed by atoms with Gasteiger partial charge in [0.05, 0.1) is 5.41 Å². The van der Waals surface area contributed by atoms with Gasteiger partial charge in [0, 0.05) is 25.2 Å². The SMILES string of the molecule is O=C(CCCNC(=O)C1(c2ccccc2)CCCCC1)N1CCCC2CCCC=C21. The lowest BCUT2D eigenvalue weighted by atomic mass is 9.68. The quantitative estimate of drug-likeness (QED) is 0.667. The number of hydrogen-bond donors (Lipinski definition) is 1. The zero-order valence-electron chi connectivity index (χ0n) is 18.2. The number of nitrogens with one attached hydrogen (secondary N) is 1. The molecule has 1 saturated heterocycles. The van der Waals surface area contributed by atoms with Gasteiger partial charge in [-0.25, -0.2) is 0 Å². The van der Waals surface area contributed by atoms with Crippen LogP contribution in [0.3, 0.4) is 0 Å². The highest BCUT2D eigenvalue weighted by molar-refractivity contribution is 5.88. The number of piperidine rings is 1. The van der Waals surface area contributed by atoms with E-state index >= 15 is 0 Å². The van der Waals surface area contributed by atoms with E-state index in [4.69, 9.17) is 0 Å². The minimum Gasteiger partial charge on any atom is -0.355 e. The molecule has 0 aromatic heterocycles. The van der Waals surface area contributed by atoms with E-state index in [-0.39, 0.29) is 11.8 Å². The topological polar surface area (TPSA) is 49.4 Å². The van der Waals surface area contributed by atoms with Gasteiger partial charge in [-0.05, 0) is 62.8 Å². The maximum atomic E-state index is 13.2. The molecule has 1 N–H and O–H groups in total. The first-order valence-electron chi connectivity index (χ1n) is 12.0. The van der Waals surface area contributed by atoms with E-state index in [9.17, 15) is 9.59 Å². The smallest absolute Gasteiger partial charge is 0.230 e. The van der Waals surface area contributed by atoms with Crippen molar-refractivity contribution in [1.29, 1.82) is 0 Å². The third-order valence-electron chi connectivity index (χ3n) is 7.40. The normalized spacial score (nSPS) is 23.3. The van der Waals surface area contributed by atoms with Crippen molar-refractivity contribution < 1.29 is 9.59 Å². The second-order valence-electron chi connectivity index (χ2n) is 9.31. The molecule has 1 heterocycles. The number of allylic oxidation sites excluding steroid dienone is 2. The van der Waals surface area contributed by atoms with Gasteiger partial charge in [-0.1, -0.05) is 55.7 Å². The van der Waals surface area contributed by atoms with Crippen LogP contribution in [0.15, 0.2) is 42.1 Å². The number of amides is 2. The van der Waals surface area contributed by atoms with E-state index in [0.717, 1.165) is 50.6 Å². The summed E-state index contributed by atoms with van der Waals surface area (Å²) in [6.45, 7) is 1.44. The molecular formula is C26H36N2O2.